The van der Waals surface area contributed by atoms with Crippen molar-refractivity contribution in [2.45, 2.75) is 84.2 Å². The quantitative estimate of drug-likeness (QED) is 0.596. The van der Waals surface area contributed by atoms with E-state index in [-0.39, 0.29) is 17.7 Å². The molecule has 0 bridgehead atoms. The average Bonchev–Trinajstić information content (AvgIpc) is 2.83. The van der Waals surface area contributed by atoms with Crippen molar-refractivity contribution < 1.29 is 14.4 Å². The average molecular weight is 394 g/mol. The van der Waals surface area contributed by atoms with Gasteiger partial charge in [0.15, 0.2) is 0 Å². The highest BCUT2D eigenvalue weighted by Gasteiger charge is 2.54. The second-order valence-electron chi connectivity index (χ2n) is 9.87. The van der Waals surface area contributed by atoms with Crippen LogP contribution in [0.5, 0.6) is 5.75 Å². The van der Waals surface area contributed by atoms with Crippen molar-refractivity contribution in [3.63, 3.8) is 0 Å². The van der Waals surface area contributed by atoms with Gasteiger partial charge in [-0.05, 0) is 61.8 Å². The van der Waals surface area contributed by atoms with Gasteiger partial charge in [0, 0.05) is 5.82 Å². The molecule has 0 saturated carbocycles. The number of phenolic OH excluding ortho intramolecular Hbond substituents is 1. The van der Waals surface area contributed by atoms with Gasteiger partial charge in [0.1, 0.15) is 5.75 Å². The fraction of sp³-hybridized carbons (Fsp3) is 0.520. The molecule has 1 fully saturated rings. The van der Waals surface area contributed by atoms with Crippen molar-refractivity contribution in [2.75, 3.05) is 0 Å². The Bertz CT molecular complexity index is 811. The summed E-state index contributed by atoms with van der Waals surface area (Å²) in [7, 11) is -0.396. The van der Waals surface area contributed by atoms with E-state index in [9.17, 15) is 5.11 Å². The molecular weight excluding hydrogens is 359 g/mol. The lowest BCUT2D eigenvalue weighted by Crippen LogP contribution is -2.41. The first-order valence-corrected chi connectivity index (χ1v) is 10.7. The molecule has 0 aromatic heterocycles. The van der Waals surface area contributed by atoms with Gasteiger partial charge in [-0.3, -0.25) is 0 Å². The summed E-state index contributed by atoms with van der Waals surface area (Å²) in [5, 5.41) is 10.9. The van der Waals surface area contributed by atoms with Crippen LogP contribution < -0.4 is 0 Å². The highest BCUT2D eigenvalue weighted by Crippen LogP contribution is 2.45. The highest BCUT2D eigenvalue weighted by molar-refractivity contribution is 6.48. The molecule has 1 unspecified atom stereocenters. The van der Waals surface area contributed by atoms with E-state index in [1.165, 1.54) is 0 Å². The first kappa shape index (κ1) is 21.9. The Kier molecular flexibility index (Phi) is 5.90. The third-order valence-electron chi connectivity index (χ3n) is 6.50. The van der Waals surface area contributed by atoms with E-state index < -0.39 is 18.3 Å². The van der Waals surface area contributed by atoms with Gasteiger partial charge in [-0.15, -0.1) is 0 Å². The Hall–Kier alpha value is -1.78. The van der Waals surface area contributed by atoms with E-state index in [1.807, 2.05) is 6.07 Å². The standard InChI is InChI=1S/C25H35BO3/c1-16(2)20-14-19(15-21(17(3)4)23(20)27)22(18-12-10-9-11-13-18)26-28-24(5,6)25(7,8)29-26/h9-17,22,27H,1-8H3. The zero-order chi connectivity index (χ0) is 21.6. The first-order valence-electron chi connectivity index (χ1n) is 10.7. The van der Waals surface area contributed by atoms with Crippen LogP contribution in [0.15, 0.2) is 42.5 Å². The first-order chi connectivity index (χ1) is 13.4. The van der Waals surface area contributed by atoms with Crippen molar-refractivity contribution in [3.05, 3.63) is 64.7 Å². The lowest BCUT2D eigenvalue weighted by atomic mass is 9.63. The summed E-state index contributed by atoms with van der Waals surface area (Å²) in [6.07, 6.45) is 0. The maximum Gasteiger partial charge on any atom is 0.470 e. The smallest absolute Gasteiger partial charge is 0.470 e. The monoisotopic (exact) mass is 394 g/mol. The predicted molar refractivity (Wildman–Crippen MR) is 121 cm³/mol. The molecule has 1 aliphatic heterocycles. The van der Waals surface area contributed by atoms with Gasteiger partial charge in [-0.2, -0.15) is 0 Å². The van der Waals surface area contributed by atoms with Crippen molar-refractivity contribution in [1.29, 1.82) is 0 Å². The summed E-state index contributed by atoms with van der Waals surface area (Å²) in [5.74, 6) is 0.789. The molecule has 2 aromatic carbocycles. The predicted octanol–water partition coefficient (Wildman–Crippen LogP) is 6.40. The summed E-state index contributed by atoms with van der Waals surface area (Å²) >= 11 is 0. The molecule has 2 aromatic rings. The topological polar surface area (TPSA) is 38.7 Å². The normalized spacial score (nSPS) is 19.2. The number of hydrogen-bond donors (Lipinski definition) is 1. The molecule has 156 valence electrons. The minimum atomic E-state index is -0.399. The second kappa shape index (κ2) is 7.81. The summed E-state index contributed by atoms with van der Waals surface area (Å²) in [6, 6.07) is 14.7. The van der Waals surface area contributed by atoms with Gasteiger partial charge in [-0.25, -0.2) is 0 Å². The Morgan fingerprint density at radius 2 is 1.21 bits per heavy atom. The van der Waals surface area contributed by atoms with E-state index >= 15 is 0 Å². The van der Waals surface area contributed by atoms with Crippen LogP contribution in [0.3, 0.4) is 0 Å². The van der Waals surface area contributed by atoms with Gasteiger partial charge in [0.25, 0.3) is 0 Å². The van der Waals surface area contributed by atoms with Crippen LogP contribution in [0, 0.1) is 0 Å². The lowest BCUT2D eigenvalue weighted by molar-refractivity contribution is 0.00578. The molecule has 3 nitrogen and oxygen atoms in total. The summed E-state index contributed by atoms with van der Waals surface area (Å²) in [5.41, 5.74) is 3.43. The fourth-order valence-corrected chi connectivity index (χ4v) is 3.96. The molecule has 0 aliphatic carbocycles. The van der Waals surface area contributed by atoms with Crippen LogP contribution in [0.4, 0.5) is 0 Å². The van der Waals surface area contributed by atoms with Crippen LogP contribution in [0.25, 0.3) is 0 Å². The Balaban J connectivity index is 2.18. The van der Waals surface area contributed by atoms with E-state index in [0.717, 1.165) is 22.3 Å². The van der Waals surface area contributed by atoms with E-state index in [2.05, 4.69) is 91.8 Å². The zero-order valence-corrected chi connectivity index (χ0v) is 19.1. The van der Waals surface area contributed by atoms with Crippen molar-refractivity contribution >= 4 is 7.12 Å². The number of rotatable bonds is 5. The van der Waals surface area contributed by atoms with Crippen LogP contribution in [-0.2, 0) is 9.31 Å². The van der Waals surface area contributed by atoms with Gasteiger partial charge < -0.3 is 14.4 Å². The van der Waals surface area contributed by atoms with Gasteiger partial charge in [-0.1, -0.05) is 70.2 Å². The third kappa shape index (κ3) is 4.11. The van der Waals surface area contributed by atoms with Crippen molar-refractivity contribution in [3.8, 4) is 5.75 Å². The van der Waals surface area contributed by atoms with Crippen molar-refractivity contribution in [1.82, 2.24) is 0 Å². The zero-order valence-electron chi connectivity index (χ0n) is 19.1. The minimum Gasteiger partial charge on any atom is -0.507 e. The SMILES string of the molecule is CC(C)c1cc(C(B2OC(C)(C)C(C)(C)O2)c2ccccc2)cc(C(C)C)c1O. The molecule has 4 heteroatoms. The maximum atomic E-state index is 10.9. The van der Waals surface area contributed by atoms with Crippen LogP contribution in [0.2, 0.25) is 0 Å². The minimum absolute atomic E-state index is 0.0761. The summed E-state index contributed by atoms with van der Waals surface area (Å²) < 4.78 is 13.0. The molecule has 1 N–H and O–H groups in total. The number of aromatic hydroxyl groups is 1. The Morgan fingerprint density at radius 1 is 0.759 bits per heavy atom. The lowest BCUT2D eigenvalue weighted by Gasteiger charge is -2.32. The molecular formula is C25H35BO3. The fourth-order valence-electron chi connectivity index (χ4n) is 3.96. The largest absolute Gasteiger partial charge is 0.507 e. The summed E-state index contributed by atoms with van der Waals surface area (Å²) in [4.78, 5) is 0. The third-order valence-corrected chi connectivity index (χ3v) is 6.50. The molecule has 1 aliphatic rings. The Morgan fingerprint density at radius 3 is 1.62 bits per heavy atom. The van der Waals surface area contributed by atoms with E-state index in [4.69, 9.17) is 9.31 Å². The molecule has 1 saturated heterocycles. The van der Waals surface area contributed by atoms with Crippen LogP contribution in [0.1, 0.15) is 95.3 Å². The molecule has 0 spiro atoms. The molecule has 29 heavy (non-hydrogen) atoms. The van der Waals surface area contributed by atoms with E-state index in [0.29, 0.717) is 5.75 Å². The number of phenols is 1. The van der Waals surface area contributed by atoms with Gasteiger partial charge in [0.2, 0.25) is 0 Å². The Labute approximate surface area is 176 Å². The van der Waals surface area contributed by atoms with E-state index in [1.54, 1.807) is 0 Å². The van der Waals surface area contributed by atoms with Crippen molar-refractivity contribution in [2.24, 2.45) is 0 Å². The molecule has 0 amide bonds. The van der Waals surface area contributed by atoms with Gasteiger partial charge in [0.05, 0.1) is 11.2 Å². The summed E-state index contributed by atoms with van der Waals surface area (Å²) in [6.45, 7) is 16.8. The molecule has 1 heterocycles. The second-order valence-corrected chi connectivity index (χ2v) is 9.87. The van der Waals surface area contributed by atoms with Crippen LogP contribution >= 0.6 is 0 Å². The molecule has 3 rings (SSSR count). The van der Waals surface area contributed by atoms with Crippen LogP contribution in [-0.4, -0.2) is 23.4 Å². The van der Waals surface area contributed by atoms with Gasteiger partial charge >= 0.3 is 7.12 Å². The highest BCUT2D eigenvalue weighted by atomic mass is 16.7. The number of benzene rings is 2. The molecule has 1 atom stereocenters. The number of hydrogen-bond acceptors (Lipinski definition) is 3. The molecule has 0 radical (unpaired) electrons. The maximum absolute atomic E-state index is 10.9.